The van der Waals surface area contributed by atoms with E-state index in [0.717, 1.165) is 35.7 Å². The van der Waals surface area contributed by atoms with E-state index in [-0.39, 0.29) is 11.4 Å². The van der Waals surface area contributed by atoms with Gasteiger partial charge in [0.1, 0.15) is 11.6 Å². The minimum Gasteiger partial charge on any atom is -0.406 e. The number of benzene rings is 2. The molecule has 0 aliphatic carbocycles. The van der Waals surface area contributed by atoms with Crippen molar-refractivity contribution in [2.45, 2.75) is 24.2 Å². The molecule has 0 aliphatic heterocycles. The van der Waals surface area contributed by atoms with E-state index in [1.807, 2.05) is 41.1 Å². The van der Waals surface area contributed by atoms with Crippen LogP contribution in [0.4, 0.5) is 13.2 Å². The van der Waals surface area contributed by atoms with Crippen molar-refractivity contribution in [3.8, 4) is 17.1 Å². The lowest BCUT2D eigenvalue weighted by Crippen LogP contribution is -2.25. The van der Waals surface area contributed by atoms with Crippen LogP contribution < -0.4 is 9.46 Å². The molecule has 0 saturated heterocycles. The topological polar surface area (TPSA) is 73.2 Å². The molecule has 10 heteroatoms. The van der Waals surface area contributed by atoms with Crippen LogP contribution in [-0.2, 0) is 16.6 Å². The molecule has 0 aliphatic rings. The van der Waals surface area contributed by atoms with Crippen molar-refractivity contribution in [3.05, 3.63) is 67.0 Å². The van der Waals surface area contributed by atoms with E-state index >= 15 is 0 Å². The first-order valence-electron chi connectivity index (χ1n) is 8.67. The van der Waals surface area contributed by atoms with Crippen LogP contribution in [0.5, 0.6) is 5.75 Å². The Morgan fingerprint density at radius 3 is 2.38 bits per heavy atom. The van der Waals surface area contributed by atoms with Crippen LogP contribution in [0.1, 0.15) is 6.42 Å². The van der Waals surface area contributed by atoms with Crippen LogP contribution >= 0.6 is 0 Å². The number of alkyl halides is 3. The molecule has 6 nitrogen and oxygen atoms in total. The van der Waals surface area contributed by atoms with Gasteiger partial charge in [-0.3, -0.25) is 0 Å². The van der Waals surface area contributed by atoms with E-state index in [4.69, 9.17) is 0 Å². The highest BCUT2D eigenvalue weighted by Gasteiger charge is 2.31. The van der Waals surface area contributed by atoms with Crippen LogP contribution in [0, 0.1) is 0 Å². The summed E-state index contributed by atoms with van der Waals surface area (Å²) in [4.78, 5) is 4.19. The first kappa shape index (κ1) is 20.9. The molecule has 0 radical (unpaired) electrons. The summed E-state index contributed by atoms with van der Waals surface area (Å²) < 4.78 is 69.2. The molecule has 0 spiro atoms. The van der Waals surface area contributed by atoms with E-state index in [2.05, 4.69) is 14.4 Å². The molecule has 0 bridgehead atoms. The zero-order chi connectivity index (χ0) is 20.9. The maximum atomic E-state index is 12.3. The van der Waals surface area contributed by atoms with E-state index in [1.165, 1.54) is 0 Å². The monoisotopic (exact) mass is 425 g/mol. The molecule has 0 saturated carbocycles. The molecule has 3 aromatic rings. The number of ether oxygens (including phenoxy) is 1. The first-order valence-corrected chi connectivity index (χ1v) is 10.1. The molecular weight excluding hydrogens is 407 g/mol. The molecule has 1 heterocycles. The number of halogens is 3. The van der Waals surface area contributed by atoms with Crippen LogP contribution in [0.2, 0.25) is 0 Å². The summed E-state index contributed by atoms with van der Waals surface area (Å²) in [7, 11) is -3.84. The second kappa shape index (κ2) is 8.66. The van der Waals surface area contributed by atoms with Crippen LogP contribution in [0.25, 0.3) is 11.4 Å². The molecule has 3 rings (SSSR count). The Bertz CT molecular complexity index is 1030. The van der Waals surface area contributed by atoms with Gasteiger partial charge in [0.25, 0.3) is 0 Å². The van der Waals surface area contributed by atoms with Crippen molar-refractivity contribution in [2.75, 3.05) is 6.54 Å². The predicted molar refractivity (Wildman–Crippen MR) is 101 cm³/mol. The van der Waals surface area contributed by atoms with Gasteiger partial charge in [0.05, 0.1) is 4.90 Å². The Morgan fingerprint density at radius 2 is 1.72 bits per heavy atom. The smallest absolute Gasteiger partial charge is 0.406 e. The van der Waals surface area contributed by atoms with Gasteiger partial charge in [0.15, 0.2) is 0 Å². The summed E-state index contributed by atoms with van der Waals surface area (Å²) >= 11 is 0. The summed E-state index contributed by atoms with van der Waals surface area (Å²) in [6, 6.07) is 13.6. The van der Waals surface area contributed by atoms with Gasteiger partial charge in [-0.05, 0) is 30.7 Å². The first-order chi connectivity index (χ1) is 13.7. The number of aromatic nitrogens is 2. The highest BCUT2D eigenvalue weighted by Crippen LogP contribution is 2.24. The van der Waals surface area contributed by atoms with Gasteiger partial charge >= 0.3 is 6.36 Å². The Morgan fingerprint density at radius 1 is 1.03 bits per heavy atom. The van der Waals surface area contributed by atoms with Gasteiger partial charge < -0.3 is 9.30 Å². The third-order valence-corrected chi connectivity index (χ3v) is 5.46. The fourth-order valence-electron chi connectivity index (χ4n) is 2.70. The number of hydrogen-bond donors (Lipinski definition) is 1. The van der Waals surface area contributed by atoms with Crippen molar-refractivity contribution in [2.24, 2.45) is 0 Å². The average molecular weight is 425 g/mol. The minimum atomic E-state index is -4.83. The fourth-order valence-corrected chi connectivity index (χ4v) is 3.77. The van der Waals surface area contributed by atoms with Crippen molar-refractivity contribution >= 4 is 10.0 Å². The van der Waals surface area contributed by atoms with E-state index in [9.17, 15) is 21.6 Å². The number of sulfonamides is 1. The lowest BCUT2D eigenvalue weighted by molar-refractivity contribution is -0.274. The largest absolute Gasteiger partial charge is 0.573 e. The van der Waals surface area contributed by atoms with Crippen molar-refractivity contribution in [1.29, 1.82) is 0 Å². The number of nitrogens with zero attached hydrogens (tertiary/aromatic N) is 2. The molecule has 0 fully saturated rings. The van der Waals surface area contributed by atoms with Gasteiger partial charge in [-0.25, -0.2) is 18.1 Å². The van der Waals surface area contributed by atoms with Crippen molar-refractivity contribution in [1.82, 2.24) is 14.3 Å². The molecule has 1 aromatic heterocycles. The zero-order valence-corrected chi connectivity index (χ0v) is 15.9. The number of imidazole rings is 1. The second-order valence-corrected chi connectivity index (χ2v) is 7.85. The van der Waals surface area contributed by atoms with Crippen molar-refractivity contribution < 1.29 is 26.3 Å². The average Bonchev–Trinajstić information content (AvgIpc) is 3.14. The molecule has 0 amide bonds. The number of hydrogen-bond acceptors (Lipinski definition) is 4. The highest BCUT2D eigenvalue weighted by molar-refractivity contribution is 7.89. The summed E-state index contributed by atoms with van der Waals surface area (Å²) in [5, 5.41) is 0. The third kappa shape index (κ3) is 5.81. The quantitative estimate of drug-likeness (QED) is 0.557. The lowest BCUT2D eigenvalue weighted by Gasteiger charge is -2.11. The summed E-state index contributed by atoms with van der Waals surface area (Å²) in [6.45, 7) is 0.709. The van der Waals surface area contributed by atoms with Crippen LogP contribution in [0.15, 0.2) is 71.9 Å². The standard InChI is InChI=1S/C19H18F3N3O3S/c20-19(21,22)28-16-7-9-17(10-8-16)29(26,27)24-11-4-13-25-14-12-23-18(25)15-5-2-1-3-6-15/h1-3,5-10,12,14,24H,4,11,13H2. The van der Waals surface area contributed by atoms with Crippen LogP contribution in [-0.4, -0.2) is 30.9 Å². The molecule has 2 aromatic carbocycles. The molecule has 0 atom stereocenters. The van der Waals surface area contributed by atoms with Crippen molar-refractivity contribution in [3.63, 3.8) is 0 Å². The second-order valence-electron chi connectivity index (χ2n) is 6.08. The molecule has 29 heavy (non-hydrogen) atoms. The van der Waals surface area contributed by atoms with E-state index in [0.29, 0.717) is 13.0 Å². The van der Waals surface area contributed by atoms with E-state index < -0.39 is 22.1 Å². The summed E-state index contributed by atoms with van der Waals surface area (Å²) in [5.74, 6) is 0.304. The number of nitrogens with one attached hydrogen (secondary N) is 1. The summed E-state index contributed by atoms with van der Waals surface area (Å²) in [6.07, 6.45) is -0.831. The van der Waals surface area contributed by atoms with Gasteiger partial charge in [-0.1, -0.05) is 30.3 Å². The molecule has 154 valence electrons. The zero-order valence-electron chi connectivity index (χ0n) is 15.1. The Labute approximate surface area is 166 Å². The predicted octanol–water partition coefficient (Wildman–Crippen LogP) is 3.82. The molecule has 1 N–H and O–H groups in total. The SMILES string of the molecule is O=S(=O)(NCCCn1ccnc1-c1ccccc1)c1ccc(OC(F)(F)F)cc1. The third-order valence-electron chi connectivity index (χ3n) is 3.98. The number of aryl methyl sites for hydroxylation is 1. The maximum Gasteiger partial charge on any atom is 0.573 e. The minimum absolute atomic E-state index is 0.139. The summed E-state index contributed by atoms with van der Waals surface area (Å²) in [5.41, 5.74) is 0.958. The molecule has 0 unspecified atom stereocenters. The van der Waals surface area contributed by atoms with Gasteiger partial charge in [0, 0.05) is 31.0 Å². The Kier molecular flexibility index (Phi) is 6.23. The normalized spacial score (nSPS) is 12.1. The Hall–Kier alpha value is -2.85. The maximum absolute atomic E-state index is 12.3. The van der Waals surface area contributed by atoms with Crippen LogP contribution in [0.3, 0.4) is 0 Å². The highest BCUT2D eigenvalue weighted by atomic mass is 32.2. The van der Waals surface area contributed by atoms with Gasteiger partial charge in [-0.15, -0.1) is 13.2 Å². The number of rotatable bonds is 8. The van der Waals surface area contributed by atoms with E-state index in [1.54, 1.807) is 6.20 Å². The lowest BCUT2D eigenvalue weighted by atomic mass is 10.2. The van der Waals surface area contributed by atoms with Gasteiger partial charge in [0.2, 0.25) is 10.0 Å². The molecular formula is C19H18F3N3O3S. The van der Waals surface area contributed by atoms with Gasteiger partial charge in [-0.2, -0.15) is 0 Å². The fraction of sp³-hybridized carbons (Fsp3) is 0.211. The Balaban J connectivity index is 1.55.